The molecule has 0 saturated heterocycles. The molecule has 0 aliphatic heterocycles. The lowest BCUT2D eigenvalue weighted by Gasteiger charge is -2.11. The quantitative estimate of drug-likeness (QED) is 0.744. The Kier molecular flexibility index (Phi) is 7.21. The molecular weight excluding hydrogens is 262 g/mol. The Hall–Kier alpha value is -0.770. The molecule has 0 amide bonds. The summed E-state index contributed by atoms with van der Waals surface area (Å²) in [6.07, 6.45) is 1.80. The average molecular weight is 286 g/mol. The van der Waals surface area contributed by atoms with Crippen LogP contribution in [0.3, 0.4) is 0 Å². The fraction of sp³-hybridized carbons (Fsp3) is 0.600. The predicted molar refractivity (Wildman–Crippen MR) is 80.1 cm³/mol. The Morgan fingerprint density at radius 2 is 1.84 bits per heavy atom. The van der Waals surface area contributed by atoms with E-state index >= 15 is 0 Å². The fourth-order valence-electron chi connectivity index (χ4n) is 1.69. The van der Waals surface area contributed by atoms with Gasteiger partial charge in [-0.25, -0.2) is 0 Å². The number of ether oxygens (including phenoxy) is 2. The van der Waals surface area contributed by atoms with Crippen molar-refractivity contribution in [3.05, 3.63) is 28.3 Å². The minimum atomic E-state index is 0.141. The van der Waals surface area contributed by atoms with Crippen molar-refractivity contribution in [2.75, 3.05) is 19.8 Å². The van der Waals surface area contributed by atoms with Gasteiger partial charge in [0, 0.05) is 24.1 Å². The number of nitrogens with two attached hydrogens (primary N) is 1. The normalized spacial score (nSPS) is 12.5. The first-order valence-electron chi connectivity index (χ1n) is 6.77. The molecule has 0 fully saturated rings. The third-order valence-electron chi connectivity index (χ3n) is 2.97. The van der Waals surface area contributed by atoms with E-state index in [1.165, 1.54) is 0 Å². The summed E-state index contributed by atoms with van der Waals surface area (Å²) in [7, 11) is 0. The summed E-state index contributed by atoms with van der Waals surface area (Å²) in [6.45, 7) is 7.97. The fourth-order valence-corrected chi connectivity index (χ4v) is 1.80. The zero-order valence-electron chi connectivity index (χ0n) is 12.0. The number of hydrogen-bond donors (Lipinski definition) is 1. The molecule has 19 heavy (non-hydrogen) atoms. The van der Waals surface area contributed by atoms with E-state index in [-0.39, 0.29) is 6.04 Å². The zero-order chi connectivity index (χ0) is 14.3. The second-order valence-electron chi connectivity index (χ2n) is 4.82. The van der Waals surface area contributed by atoms with Gasteiger partial charge in [-0.3, -0.25) is 0 Å². The van der Waals surface area contributed by atoms with Gasteiger partial charge in [-0.2, -0.15) is 0 Å². The molecule has 0 heterocycles. The highest BCUT2D eigenvalue weighted by molar-refractivity contribution is 6.32. The SMILES string of the molecule is CCC(N)COCCCOc1cc(C)c(Cl)c(C)c1. The van der Waals surface area contributed by atoms with E-state index in [1.807, 2.05) is 26.0 Å². The van der Waals surface area contributed by atoms with Crippen LogP contribution in [0.15, 0.2) is 12.1 Å². The van der Waals surface area contributed by atoms with Gasteiger partial charge in [0.2, 0.25) is 0 Å². The van der Waals surface area contributed by atoms with Crippen LogP contribution in [-0.4, -0.2) is 25.9 Å². The molecule has 0 radical (unpaired) electrons. The van der Waals surface area contributed by atoms with Crippen molar-refractivity contribution in [2.24, 2.45) is 5.73 Å². The molecule has 4 heteroatoms. The maximum absolute atomic E-state index is 6.11. The van der Waals surface area contributed by atoms with Crippen LogP contribution in [-0.2, 0) is 4.74 Å². The predicted octanol–water partition coefficient (Wildman–Crippen LogP) is 3.48. The third-order valence-corrected chi connectivity index (χ3v) is 3.56. The molecule has 3 nitrogen and oxygen atoms in total. The van der Waals surface area contributed by atoms with Crippen molar-refractivity contribution in [1.29, 1.82) is 0 Å². The summed E-state index contributed by atoms with van der Waals surface area (Å²) in [4.78, 5) is 0. The first kappa shape index (κ1) is 16.3. The van der Waals surface area contributed by atoms with E-state index in [9.17, 15) is 0 Å². The van der Waals surface area contributed by atoms with Crippen molar-refractivity contribution < 1.29 is 9.47 Å². The smallest absolute Gasteiger partial charge is 0.119 e. The van der Waals surface area contributed by atoms with Gasteiger partial charge in [-0.1, -0.05) is 18.5 Å². The average Bonchev–Trinajstić information content (AvgIpc) is 2.39. The number of hydrogen-bond acceptors (Lipinski definition) is 3. The first-order chi connectivity index (χ1) is 9.04. The summed E-state index contributed by atoms with van der Waals surface area (Å²) < 4.78 is 11.2. The Morgan fingerprint density at radius 1 is 1.21 bits per heavy atom. The van der Waals surface area contributed by atoms with Gasteiger partial charge >= 0.3 is 0 Å². The Morgan fingerprint density at radius 3 is 2.42 bits per heavy atom. The largest absolute Gasteiger partial charge is 0.493 e. The van der Waals surface area contributed by atoms with Crippen LogP contribution < -0.4 is 10.5 Å². The van der Waals surface area contributed by atoms with Crippen LogP contribution in [0.1, 0.15) is 30.9 Å². The molecule has 1 rings (SSSR count). The molecule has 0 bridgehead atoms. The maximum atomic E-state index is 6.11. The van der Waals surface area contributed by atoms with Crippen LogP contribution in [0.4, 0.5) is 0 Å². The van der Waals surface area contributed by atoms with Crippen molar-refractivity contribution in [3.8, 4) is 5.75 Å². The molecule has 1 atom stereocenters. The van der Waals surface area contributed by atoms with Crippen molar-refractivity contribution in [1.82, 2.24) is 0 Å². The highest BCUT2D eigenvalue weighted by atomic mass is 35.5. The van der Waals surface area contributed by atoms with Crippen LogP contribution >= 0.6 is 11.6 Å². The first-order valence-corrected chi connectivity index (χ1v) is 7.15. The number of halogens is 1. The van der Waals surface area contributed by atoms with Crippen molar-refractivity contribution >= 4 is 11.6 Å². The van der Waals surface area contributed by atoms with Crippen LogP contribution in [0.2, 0.25) is 5.02 Å². The van der Waals surface area contributed by atoms with E-state index in [0.29, 0.717) is 19.8 Å². The third kappa shape index (κ3) is 5.81. The second kappa shape index (κ2) is 8.41. The summed E-state index contributed by atoms with van der Waals surface area (Å²) in [6, 6.07) is 4.06. The lowest BCUT2D eigenvalue weighted by Crippen LogP contribution is -2.25. The summed E-state index contributed by atoms with van der Waals surface area (Å²) in [5.41, 5.74) is 7.84. The molecule has 0 aliphatic carbocycles. The Labute approximate surface area is 121 Å². The Balaban J connectivity index is 2.23. The number of rotatable bonds is 8. The molecule has 108 valence electrons. The zero-order valence-corrected chi connectivity index (χ0v) is 12.8. The number of benzene rings is 1. The molecule has 0 spiro atoms. The molecule has 1 aromatic carbocycles. The van der Waals surface area contributed by atoms with E-state index in [0.717, 1.165) is 34.7 Å². The van der Waals surface area contributed by atoms with E-state index in [1.54, 1.807) is 0 Å². The highest BCUT2D eigenvalue weighted by Crippen LogP contribution is 2.25. The van der Waals surface area contributed by atoms with Crippen LogP contribution in [0.25, 0.3) is 0 Å². The molecule has 0 saturated carbocycles. The summed E-state index contributed by atoms with van der Waals surface area (Å²) in [5.74, 6) is 0.865. The van der Waals surface area contributed by atoms with Gasteiger partial charge in [-0.05, 0) is 43.5 Å². The molecule has 0 aromatic heterocycles. The summed E-state index contributed by atoms with van der Waals surface area (Å²) >= 11 is 6.11. The molecule has 1 aromatic rings. The minimum Gasteiger partial charge on any atom is -0.493 e. The van der Waals surface area contributed by atoms with E-state index in [4.69, 9.17) is 26.8 Å². The van der Waals surface area contributed by atoms with Gasteiger partial charge in [-0.15, -0.1) is 0 Å². The minimum absolute atomic E-state index is 0.141. The highest BCUT2D eigenvalue weighted by Gasteiger charge is 2.03. The monoisotopic (exact) mass is 285 g/mol. The van der Waals surface area contributed by atoms with Crippen LogP contribution in [0.5, 0.6) is 5.75 Å². The lowest BCUT2D eigenvalue weighted by atomic mass is 10.1. The standard InChI is InChI=1S/C15H24ClNO2/c1-4-13(17)10-18-6-5-7-19-14-8-11(2)15(16)12(3)9-14/h8-9,13H,4-7,10,17H2,1-3H3. The van der Waals surface area contributed by atoms with E-state index in [2.05, 4.69) is 6.92 Å². The molecular formula is C15H24ClNO2. The maximum Gasteiger partial charge on any atom is 0.119 e. The second-order valence-corrected chi connectivity index (χ2v) is 5.19. The van der Waals surface area contributed by atoms with Gasteiger partial charge in [0.1, 0.15) is 5.75 Å². The molecule has 1 unspecified atom stereocenters. The van der Waals surface area contributed by atoms with Gasteiger partial charge in [0.25, 0.3) is 0 Å². The van der Waals surface area contributed by atoms with Crippen molar-refractivity contribution in [2.45, 2.75) is 39.7 Å². The van der Waals surface area contributed by atoms with E-state index < -0.39 is 0 Å². The van der Waals surface area contributed by atoms with Crippen LogP contribution in [0, 0.1) is 13.8 Å². The summed E-state index contributed by atoms with van der Waals surface area (Å²) in [5, 5.41) is 0.809. The topological polar surface area (TPSA) is 44.5 Å². The van der Waals surface area contributed by atoms with Gasteiger partial charge in [0.15, 0.2) is 0 Å². The van der Waals surface area contributed by atoms with Gasteiger partial charge in [0.05, 0.1) is 13.2 Å². The number of aryl methyl sites for hydroxylation is 2. The lowest BCUT2D eigenvalue weighted by molar-refractivity contribution is 0.107. The molecule has 2 N–H and O–H groups in total. The molecule has 0 aliphatic rings. The van der Waals surface area contributed by atoms with Crippen molar-refractivity contribution in [3.63, 3.8) is 0 Å². The van der Waals surface area contributed by atoms with Gasteiger partial charge < -0.3 is 15.2 Å². The Bertz CT molecular complexity index is 373.